The molecule has 0 fully saturated rings. The third-order valence-electron chi connectivity index (χ3n) is 4.03. The second-order valence-corrected chi connectivity index (χ2v) is 5.95. The average Bonchev–Trinajstić information content (AvgIpc) is 2.48. The number of aromatic nitrogens is 2. The van der Waals surface area contributed by atoms with Crippen molar-refractivity contribution >= 4 is 11.6 Å². The van der Waals surface area contributed by atoms with Crippen LogP contribution in [-0.4, -0.2) is 9.97 Å². The molecule has 110 valence electrons. The zero-order valence-electron chi connectivity index (χ0n) is 12.6. The Labute approximate surface area is 124 Å². The fraction of sp³-hybridized carbons (Fsp3) is 0.412. The van der Waals surface area contributed by atoms with Gasteiger partial charge in [-0.3, -0.25) is 9.78 Å². The topological polar surface area (TPSA) is 57.8 Å². The van der Waals surface area contributed by atoms with Crippen molar-refractivity contribution in [2.45, 2.75) is 45.4 Å². The molecule has 0 saturated heterocycles. The lowest BCUT2D eigenvalue weighted by Crippen LogP contribution is -2.22. The zero-order chi connectivity index (χ0) is 14.8. The second-order valence-electron chi connectivity index (χ2n) is 5.95. The van der Waals surface area contributed by atoms with Crippen LogP contribution in [0.25, 0.3) is 0 Å². The molecule has 0 aliphatic heterocycles. The van der Waals surface area contributed by atoms with Crippen molar-refractivity contribution in [3.05, 3.63) is 51.4 Å². The summed E-state index contributed by atoms with van der Waals surface area (Å²) in [5.74, 6) is 1.05. The monoisotopic (exact) mass is 283 g/mol. The molecule has 21 heavy (non-hydrogen) atoms. The maximum Gasteiger partial charge on any atom is 0.255 e. The van der Waals surface area contributed by atoms with Crippen LogP contribution in [-0.2, 0) is 12.8 Å². The lowest BCUT2D eigenvalue weighted by Gasteiger charge is -2.15. The fourth-order valence-corrected chi connectivity index (χ4v) is 2.75. The van der Waals surface area contributed by atoms with Crippen LogP contribution in [0.2, 0.25) is 0 Å². The first-order valence-electron chi connectivity index (χ1n) is 7.62. The van der Waals surface area contributed by atoms with Crippen LogP contribution in [0.3, 0.4) is 0 Å². The van der Waals surface area contributed by atoms with Gasteiger partial charge in [-0.2, -0.15) is 0 Å². The summed E-state index contributed by atoms with van der Waals surface area (Å²) in [6.45, 7) is 4.34. The normalized spacial score (nSPS) is 14.0. The van der Waals surface area contributed by atoms with Crippen LogP contribution in [0.4, 0.5) is 11.6 Å². The van der Waals surface area contributed by atoms with E-state index in [0.29, 0.717) is 11.9 Å². The summed E-state index contributed by atoms with van der Waals surface area (Å²) in [5.41, 5.74) is 4.06. The molecule has 4 nitrogen and oxygen atoms in total. The number of aromatic amines is 1. The number of hydrogen-bond acceptors (Lipinski definition) is 3. The number of benzene rings is 1. The molecule has 0 spiro atoms. The molecule has 1 aromatic carbocycles. The molecule has 0 unspecified atom stereocenters. The van der Waals surface area contributed by atoms with Crippen molar-refractivity contribution in [1.82, 2.24) is 9.97 Å². The first-order chi connectivity index (χ1) is 10.1. The number of nitrogens with one attached hydrogen (secondary N) is 2. The highest BCUT2D eigenvalue weighted by Gasteiger charge is 2.15. The van der Waals surface area contributed by atoms with E-state index in [-0.39, 0.29) is 5.56 Å². The van der Waals surface area contributed by atoms with E-state index in [1.807, 2.05) is 12.1 Å². The number of anilines is 2. The predicted octanol–water partition coefficient (Wildman–Crippen LogP) is 3.52. The van der Waals surface area contributed by atoms with Crippen LogP contribution in [0.1, 0.15) is 49.4 Å². The van der Waals surface area contributed by atoms with Crippen molar-refractivity contribution in [2.24, 2.45) is 0 Å². The minimum Gasteiger partial charge on any atom is -0.326 e. The molecule has 1 aliphatic rings. The molecule has 0 atom stereocenters. The van der Waals surface area contributed by atoms with Gasteiger partial charge in [-0.25, -0.2) is 4.98 Å². The van der Waals surface area contributed by atoms with Gasteiger partial charge in [0.2, 0.25) is 5.95 Å². The first-order valence-corrected chi connectivity index (χ1v) is 7.62. The molecular weight excluding hydrogens is 262 g/mol. The van der Waals surface area contributed by atoms with Crippen LogP contribution in [0.15, 0.2) is 29.1 Å². The number of aryl methyl sites for hydroxylation is 1. The summed E-state index contributed by atoms with van der Waals surface area (Å²) in [7, 11) is 0. The summed E-state index contributed by atoms with van der Waals surface area (Å²) in [5, 5.41) is 3.19. The Morgan fingerprint density at radius 1 is 1.14 bits per heavy atom. The van der Waals surface area contributed by atoms with Gasteiger partial charge in [-0.15, -0.1) is 0 Å². The molecule has 1 aliphatic carbocycles. The Bertz CT molecular complexity index is 686. The maximum absolute atomic E-state index is 12.1. The van der Waals surface area contributed by atoms with Gasteiger partial charge in [0.1, 0.15) is 0 Å². The molecule has 0 saturated carbocycles. The van der Waals surface area contributed by atoms with E-state index in [4.69, 9.17) is 0 Å². The maximum atomic E-state index is 12.1. The van der Waals surface area contributed by atoms with E-state index >= 15 is 0 Å². The van der Waals surface area contributed by atoms with Gasteiger partial charge in [0.25, 0.3) is 5.56 Å². The molecule has 3 rings (SSSR count). The summed E-state index contributed by atoms with van der Waals surface area (Å²) < 4.78 is 0. The highest BCUT2D eigenvalue weighted by Crippen LogP contribution is 2.20. The van der Waals surface area contributed by atoms with Crippen LogP contribution < -0.4 is 10.9 Å². The predicted molar refractivity (Wildman–Crippen MR) is 85.3 cm³/mol. The summed E-state index contributed by atoms with van der Waals surface area (Å²) in [6.07, 6.45) is 3.95. The second kappa shape index (κ2) is 5.72. The van der Waals surface area contributed by atoms with Gasteiger partial charge < -0.3 is 5.32 Å². The third-order valence-corrected chi connectivity index (χ3v) is 4.03. The van der Waals surface area contributed by atoms with Crippen LogP contribution >= 0.6 is 0 Å². The van der Waals surface area contributed by atoms with E-state index in [0.717, 1.165) is 42.6 Å². The molecule has 0 radical (unpaired) electrons. The fourth-order valence-electron chi connectivity index (χ4n) is 2.75. The quantitative estimate of drug-likeness (QED) is 0.906. The Morgan fingerprint density at radius 3 is 2.57 bits per heavy atom. The minimum atomic E-state index is 0.000926. The van der Waals surface area contributed by atoms with E-state index in [1.54, 1.807) is 0 Å². The van der Waals surface area contributed by atoms with Gasteiger partial charge in [0.15, 0.2) is 0 Å². The number of H-pyrrole nitrogens is 1. The van der Waals surface area contributed by atoms with Crippen molar-refractivity contribution < 1.29 is 0 Å². The van der Waals surface area contributed by atoms with E-state index in [9.17, 15) is 4.79 Å². The Balaban J connectivity index is 1.84. The Morgan fingerprint density at radius 2 is 1.86 bits per heavy atom. The van der Waals surface area contributed by atoms with Crippen LogP contribution in [0.5, 0.6) is 0 Å². The highest BCUT2D eigenvalue weighted by molar-refractivity contribution is 5.54. The van der Waals surface area contributed by atoms with Gasteiger partial charge in [0.05, 0.1) is 5.69 Å². The largest absolute Gasteiger partial charge is 0.326 e. The number of fused-ring (bicyclic) bond motifs is 1. The van der Waals surface area contributed by atoms with Gasteiger partial charge in [-0.05, 0) is 49.3 Å². The number of hydrogen-bond donors (Lipinski definition) is 2. The number of rotatable bonds is 3. The summed E-state index contributed by atoms with van der Waals surface area (Å²) >= 11 is 0. The van der Waals surface area contributed by atoms with Gasteiger partial charge in [-0.1, -0.05) is 26.0 Å². The summed E-state index contributed by atoms with van der Waals surface area (Å²) in [4.78, 5) is 19.5. The minimum absolute atomic E-state index is 0.000926. The first kappa shape index (κ1) is 13.9. The van der Waals surface area contributed by atoms with Crippen molar-refractivity contribution in [2.75, 3.05) is 5.32 Å². The molecule has 1 heterocycles. The molecule has 2 N–H and O–H groups in total. The third kappa shape index (κ3) is 2.99. The van der Waals surface area contributed by atoms with E-state index in [2.05, 4.69) is 41.3 Å². The van der Waals surface area contributed by atoms with Gasteiger partial charge in [0, 0.05) is 11.3 Å². The number of nitrogens with zero attached hydrogens (tertiary/aromatic N) is 1. The van der Waals surface area contributed by atoms with E-state index in [1.165, 1.54) is 5.56 Å². The zero-order valence-corrected chi connectivity index (χ0v) is 12.6. The summed E-state index contributed by atoms with van der Waals surface area (Å²) in [6, 6.07) is 8.25. The van der Waals surface area contributed by atoms with Crippen molar-refractivity contribution in [3.8, 4) is 0 Å². The standard InChI is InChI=1S/C17H21N3O/c1-11(2)12-7-9-13(10-8-12)18-17-19-15-6-4-3-5-14(15)16(21)20-17/h7-11H,3-6H2,1-2H3,(H2,18,19,20,21). The molecule has 1 aromatic heterocycles. The van der Waals surface area contributed by atoms with Crippen molar-refractivity contribution in [1.29, 1.82) is 0 Å². The van der Waals surface area contributed by atoms with Crippen molar-refractivity contribution in [3.63, 3.8) is 0 Å². The highest BCUT2D eigenvalue weighted by atomic mass is 16.1. The van der Waals surface area contributed by atoms with E-state index < -0.39 is 0 Å². The molecule has 0 bridgehead atoms. The Hall–Kier alpha value is -2.10. The Kier molecular flexibility index (Phi) is 3.78. The van der Waals surface area contributed by atoms with Crippen LogP contribution in [0, 0.1) is 0 Å². The SMILES string of the molecule is CC(C)c1ccc(Nc2nc3c(c(=O)[nH]2)CCCC3)cc1. The lowest BCUT2D eigenvalue weighted by atomic mass is 9.97. The smallest absolute Gasteiger partial charge is 0.255 e. The molecule has 4 heteroatoms. The average molecular weight is 283 g/mol. The lowest BCUT2D eigenvalue weighted by molar-refractivity contribution is 0.658. The molecule has 0 amide bonds. The molecule has 2 aromatic rings. The van der Waals surface area contributed by atoms with Gasteiger partial charge >= 0.3 is 0 Å². The molecular formula is C17H21N3O.